The molecule has 4 nitrogen and oxygen atoms in total. The first-order valence-electron chi connectivity index (χ1n) is 5.63. The lowest BCUT2D eigenvalue weighted by Crippen LogP contribution is -2.39. The second-order valence-electron chi connectivity index (χ2n) is 3.39. The maximum Gasteiger partial charge on any atom is 0.222 e. The fraction of sp³-hybridized carbons (Fsp3) is 0.818. The Bertz CT molecular complexity index is 191. The van der Waals surface area contributed by atoms with Crippen LogP contribution in [0.1, 0.15) is 27.2 Å². The van der Waals surface area contributed by atoms with E-state index >= 15 is 0 Å². The van der Waals surface area contributed by atoms with E-state index in [4.69, 9.17) is 0 Å². The molecule has 0 aromatic rings. The Labute approximate surface area is 92.2 Å². The molecule has 4 heteroatoms. The van der Waals surface area contributed by atoms with E-state index < -0.39 is 0 Å². The highest BCUT2D eigenvalue weighted by Crippen LogP contribution is 1.95. The maximum atomic E-state index is 11.4. The third-order valence-electron chi connectivity index (χ3n) is 2.53. The van der Waals surface area contributed by atoms with Crippen LogP contribution in [0.4, 0.5) is 0 Å². The van der Waals surface area contributed by atoms with Gasteiger partial charge in [0.25, 0.3) is 0 Å². The van der Waals surface area contributed by atoms with Gasteiger partial charge in [0, 0.05) is 19.5 Å². The average Bonchev–Trinajstić information content (AvgIpc) is 2.27. The van der Waals surface area contributed by atoms with Crippen LogP contribution in [0.5, 0.6) is 0 Å². The van der Waals surface area contributed by atoms with Crippen molar-refractivity contribution in [2.24, 2.45) is 0 Å². The largest absolute Gasteiger partial charge is 0.334 e. The van der Waals surface area contributed by atoms with Crippen molar-refractivity contribution < 1.29 is 9.59 Å². The Kier molecular flexibility index (Phi) is 7.91. The van der Waals surface area contributed by atoms with Crippen LogP contribution in [0.25, 0.3) is 0 Å². The minimum absolute atomic E-state index is 0.0502. The van der Waals surface area contributed by atoms with Gasteiger partial charge in [0.15, 0.2) is 0 Å². The van der Waals surface area contributed by atoms with E-state index in [1.54, 1.807) is 4.90 Å². The van der Waals surface area contributed by atoms with Crippen LogP contribution in [0, 0.1) is 0 Å². The van der Waals surface area contributed by atoms with E-state index in [0.29, 0.717) is 13.0 Å². The summed E-state index contributed by atoms with van der Waals surface area (Å²) in [7, 11) is 0. The molecule has 0 bridgehead atoms. The summed E-state index contributed by atoms with van der Waals surface area (Å²) >= 11 is 0. The molecule has 0 aliphatic heterocycles. The second-order valence-corrected chi connectivity index (χ2v) is 3.39. The monoisotopic (exact) mass is 214 g/mol. The van der Waals surface area contributed by atoms with E-state index in [1.165, 1.54) is 0 Å². The van der Waals surface area contributed by atoms with Crippen molar-refractivity contribution in [1.29, 1.82) is 0 Å². The molecule has 0 aromatic carbocycles. The number of rotatable bonds is 8. The third kappa shape index (κ3) is 5.52. The molecule has 0 spiro atoms. The summed E-state index contributed by atoms with van der Waals surface area (Å²) < 4.78 is 0. The first-order chi connectivity index (χ1) is 7.19. The van der Waals surface area contributed by atoms with Gasteiger partial charge in [-0.3, -0.25) is 4.79 Å². The van der Waals surface area contributed by atoms with Crippen molar-refractivity contribution in [2.75, 3.05) is 32.7 Å². The molecule has 0 N–H and O–H groups in total. The van der Waals surface area contributed by atoms with Gasteiger partial charge in [-0.25, -0.2) is 0 Å². The molecule has 0 saturated carbocycles. The standard InChI is InChI=1S/C11H22N2O2/c1-4-11(15)13(9-10-14)8-7-12(5-2)6-3/h10H,4-9H2,1-3H3. The number of nitrogens with zero attached hydrogens (tertiary/aromatic N) is 2. The molecule has 0 atom stereocenters. The number of amides is 1. The molecule has 0 radical (unpaired) electrons. The summed E-state index contributed by atoms with van der Waals surface area (Å²) in [6.45, 7) is 9.66. The average molecular weight is 214 g/mol. The van der Waals surface area contributed by atoms with Crippen molar-refractivity contribution in [3.63, 3.8) is 0 Å². The SMILES string of the molecule is CCC(=O)N(CC=O)CCN(CC)CC. The van der Waals surface area contributed by atoms with Crippen LogP contribution >= 0.6 is 0 Å². The van der Waals surface area contributed by atoms with Crippen LogP contribution in [0.15, 0.2) is 0 Å². The van der Waals surface area contributed by atoms with Gasteiger partial charge in [-0.05, 0) is 13.1 Å². The Hall–Kier alpha value is -0.900. The van der Waals surface area contributed by atoms with Crippen molar-refractivity contribution in [2.45, 2.75) is 27.2 Å². The van der Waals surface area contributed by atoms with Gasteiger partial charge >= 0.3 is 0 Å². The van der Waals surface area contributed by atoms with Crippen LogP contribution in [0.2, 0.25) is 0 Å². The minimum atomic E-state index is 0.0502. The lowest BCUT2D eigenvalue weighted by Gasteiger charge is -2.24. The molecular formula is C11H22N2O2. The van der Waals surface area contributed by atoms with Gasteiger partial charge in [-0.1, -0.05) is 20.8 Å². The lowest BCUT2D eigenvalue weighted by atomic mass is 10.3. The normalized spacial score (nSPS) is 10.4. The number of hydrogen-bond donors (Lipinski definition) is 0. The van der Waals surface area contributed by atoms with Crippen molar-refractivity contribution in [1.82, 2.24) is 9.80 Å². The third-order valence-corrected chi connectivity index (χ3v) is 2.53. The highest BCUT2D eigenvalue weighted by Gasteiger charge is 2.11. The Morgan fingerprint density at radius 3 is 2.13 bits per heavy atom. The highest BCUT2D eigenvalue weighted by molar-refractivity contribution is 5.78. The van der Waals surface area contributed by atoms with Crippen LogP contribution in [0.3, 0.4) is 0 Å². The van der Waals surface area contributed by atoms with Gasteiger partial charge in [0.1, 0.15) is 6.29 Å². The second kappa shape index (κ2) is 8.41. The summed E-state index contributed by atoms with van der Waals surface area (Å²) in [5, 5.41) is 0. The van der Waals surface area contributed by atoms with Gasteiger partial charge < -0.3 is 14.6 Å². The van der Waals surface area contributed by atoms with E-state index in [1.807, 2.05) is 6.92 Å². The predicted octanol–water partition coefficient (Wildman–Crippen LogP) is 0.766. The summed E-state index contributed by atoms with van der Waals surface area (Å²) in [5.74, 6) is 0.0502. The molecule has 0 aliphatic carbocycles. The molecule has 0 rings (SSSR count). The highest BCUT2D eigenvalue weighted by atomic mass is 16.2. The van der Waals surface area contributed by atoms with Gasteiger partial charge in [0.2, 0.25) is 5.91 Å². The smallest absolute Gasteiger partial charge is 0.222 e. The first kappa shape index (κ1) is 14.1. The molecule has 0 aromatic heterocycles. The van der Waals surface area contributed by atoms with Gasteiger partial charge in [-0.2, -0.15) is 0 Å². The summed E-state index contributed by atoms with van der Waals surface area (Å²) in [4.78, 5) is 25.7. The lowest BCUT2D eigenvalue weighted by molar-refractivity contribution is -0.133. The summed E-state index contributed by atoms with van der Waals surface area (Å²) in [6.07, 6.45) is 1.25. The zero-order valence-electron chi connectivity index (χ0n) is 10.0. The van der Waals surface area contributed by atoms with Gasteiger partial charge in [0.05, 0.1) is 6.54 Å². The zero-order valence-corrected chi connectivity index (χ0v) is 10.0. The topological polar surface area (TPSA) is 40.6 Å². The number of carbonyl (C=O) groups is 2. The van der Waals surface area contributed by atoms with E-state index in [0.717, 1.165) is 25.9 Å². The first-order valence-corrected chi connectivity index (χ1v) is 5.63. The fourth-order valence-electron chi connectivity index (χ4n) is 1.43. The number of aldehydes is 1. The van der Waals surface area contributed by atoms with Gasteiger partial charge in [-0.15, -0.1) is 0 Å². The number of carbonyl (C=O) groups excluding carboxylic acids is 2. The van der Waals surface area contributed by atoms with Crippen LogP contribution in [-0.4, -0.2) is 54.7 Å². The minimum Gasteiger partial charge on any atom is -0.334 e. The van der Waals surface area contributed by atoms with Crippen LogP contribution < -0.4 is 0 Å². The van der Waals surface area contributed by atoms with E-state index in [2.05, 4.69) is 18.7 Å². The molecular weight excluding hydrogens is 192 g/mol. The zero-order chi connectivity index (χ0) is 11.7. The van der Waals surface area contributed by atoms with Crippen LogP contribution in [-0.2, 0) is 9.59 Å². The summed E-state index contributed by atoms with van der Waals surface area (Å²) in [5.41, 5.74) is 0. The van der Waals surface area contributed by atoms with Crippen molar-refractivity contribution >= 4 is 12.2 Å². The quantitative estimate of drug-likeness (QED) is 0.560. The molecule has 0 fully saturated rings. The van der Waals surface area contributed by atoms with Crippen molar-refractivity contribution in [3.8, 4) is 0 Å². The molecule has 0 aliphatic rings. The van der Waals surface area contributed by atoms with E-state index in [9.17, 15) is 9.59 Å². The Morgan fingerprint density at radius 1 is 1.13 bits per heavy atom. The molecule has 0 heterocycles. The Balaban J connectivity index is 4.04. The molecule has 15 heavy (non-hydrogen) atoms. The summed E-state index contributed by atoms with van der Waals surface area (Å²) in [6, 6.07) is 0. The fourth-order valence-corrected chi connectivity index (χ4v) is 1.43. The predicted molar refractivity (Wildman–Crippen MR) is 60.7 cm³/mol. The maximum absolute atomic E-state index is 11.4. The number of hydrogen-bond acceptors (Lipinski definition) is 3. The van der Waals surface area contributed by atoms with Crippen molar-refractivity contribution in [3.05, 3.63) is 0 Å². The van der Waals surface area contributed by atoms with E-state index in [-0.39, 0.29) is 12.5 Å². The molecule has 0 unspecified atom stereocenters. The molecule has 88 valence electrons. The molecule has 1 amide bonds. The molecule has 0 saturated heterocycles. The number of likely N-dealkylation sites (N-methyl/N-ethyl adjacent to an activating group) is 1. The Morgan fingerprint density at radius 2 is 1.73 bits per heavy atom.